The highest BCUT2D eigenvalue weighted by Gasteiger charge is 2.11. The SMILES string of the molecule is Cc1ccc(-n2[nH]c(C(F)F)cc2=S)nn1. The normalized spacial score (nSPS) is 11.0. The van der Waals surface area contributed by atoms with Gasteiger partial charge >= 0.3 is 0 Å². The summed E-state index contributed by atoms with van der Waals surface area (Å²) in [6.07, 6.45) is -2.58. The van der Waals surface area contributed by atoms with E-state index in [-0.39, 0.29) is 10.3 Å². The standard InChI is InChI=1S/C9H8F2N4S/c1-5-2-3-7(13-12-5)15-8(16)4-6(14-15)9(10)11/h2-4,9,14H,1H3. The Balaban J connectivity index is 2.48. The molecule has 0 unspecified atom stereocenters. The number of rotatable bonds is 2. The van der Waals surface area contributed by atoms with Crippen molar-refractivity contribution in [2.75, 3.05) is 0 Å². The molecule has 0 aliphatic rings. The molecule has 0 aliphatic carbocycles. The molecule has 0 radical (unpaired) electrons. The van der Waals surface area contributed by atoms with E-state index in [4.69, 9.17) is 12.2 Å². The fourth-order valence-electron chi connectivity index (χ4n) is 1.21. The lowest BCUT2D eigenvalue weighted by atomic mass is 10.4. The van der Waals surface area contributed by atoms with Gasteiger partial charge in [0, 0.05) is 6.07 Å². The van der Waals surface area contributed by atoms with Crippen LogP contribution < -0.4 is 0 Å². The fourth-order valence-corrected chi connectivity index (χ4v) is 1.47. The number of aromatic amines is 1. The molecule has 4 nitrogen and oxygen atoms in total. The second kappa shape index (κ2) is 4.09. The molecular weight excluding hydrogens is 234 g/mol. The maximum Gasteiger partial charge on any atom is 0.279 e. The van der Waals surface area contributed by atoms with Crippen molar-refractivity contribution in [3.63, 3.8) is 0 Å². The van der Waals surface area contributed by atoms with E-state index >= 15 is 0 Å². The third-order valence-corrected chi connectivity index (χ3v) is 2.29. The molecule has 0 bridgehead atoms. The second-order valence-corrected chi connectivity index (χ2v) is 3.64. The van der Waals surface area contributed by atoms with Crippen LogP contribution in [0.15, 0.2) is 18.2 Å². The molecule has 0 saturated carbocycles. The van der Waals surface area contributed by atoms with Crippen molar-refractivity contribution in [3.05, 3.63) is 34.2 Å². The molecule has 7 heteroatoms. The van der Waals surface area contributed by atoms with Crippen LogP contribution in [0.5, 0.6) is 0 Å². The molecule has 0 spiro atoms. The van der Waals surface area contributed by atoms with Crippen molar-refractivity contribution in [2.45, 2.75) is 13.3 Å². The lowest BCUT2D eigenvalue weighted by Gasteiger charge is -2.01. The molecule has 16 heavy (non-hydrogen) atoms. The Hall–Kier alpha value is -1.63. The van der Waals surface area contributed by atoms with E-state index in [2.05, 4.69) is 15.3 Å². The summed E-state index contributed by atoms with van der Waals surface area (Å²) >= 11 is 4.94. The van der Waals surface area contributed by atoms with E-state index < -0.39 is 6.43 Å². The lowest BCUT2D eigenvalue weighted by molar-refractivity contribution is 0.145. The average Bonchev–Trinajstić information content (AvgIpc) is 2.62. The molecule has 2 rings (SSSR count). The first-order valence-electron chi connectivity index (χ1n) is 4.49. The Bertz CT molecular complexity index is 543. The van der Waals surface area contributed by atoms with Crippen molar-refractivity contribution in [2.24, 2.45) is 0 Å². The minimum Gasteiger partial charge on any atom is -0.290 e. The van der Waals surface area contributed by atoms with E-state index in [1.54, 1.807) is 19.1 Å². The Morgan fingerprint density at radius 2 is 2.12 bits per heavy atom. The van der Waals surface area contributed by atoms with Crippen LogP contribution in [0.3, 0.4) is 0 Å². The number of halogens is 2. The van der Waals surface area contributed by atoms with Gasteiger partial charge in [0.25, 0.3) is 6.43 Å². The number of alkyl halides is 2. The van der Waals surface area contributed by atoms with E-state index in [0.717, 1.165) is 5.69 Å². The maximum atomic E-state index is 12.4. The van der Waals surface area contributed by atoms with Crippen molar-refractivity contribution in [1.29, 1.82) is 0 Å². The van der Waals surface area contributed by atoms with Gasteiger partial charge in [-0.15, -0.1) is 5.10 Å². The predicted octanol–water partition coefficient (Wildman–Crippen LogP) is 2.57. The molecule has 0 fully saturated rings. The molecule has 2 heterocycles. The van der Waals surface area contributed by atoms with Crippen LogP contribution in [-0.2, 0) is 0 Å². The lowest BCUT2D eigenvalue weighted by Crippen LogP contribution is -2.02. The van der Waals surface area contributed by atoms with Crippen molar-refractivity contribution in [3.8, 4) is 5.82 Å². The number of hydrogen-bond donors (Lipinski definition) is 1. The summed E-state index contributed by atoms with van der Waals surface area (Å²) in [5, 5.41) is 10.2. The summed E-state index contributed by atoms with van der Waals surface area (Å²) < 4.78 is 26.4. The van der Waals surface area contributed by atoms with Gasteiger partial charge in [0.1, 0.15) is 10.3 Å². The predicted molar refractivity (Wildman–Crippen MR) is 56.2 cm³/mol. The number of nitrogens with one attached hydrogen (secondary N) is 1. The van der Waals surface area contributed by atoms with E-state index in [1.807, 2.05) is 0 Å². The fraction of sp³-hybridized carbons (Fsp3) is 0.222. The number of hydrogen-bond acceptors (Lipinski definition) is 3. The van der Waals surface area contributed by atoms with Crippen LogP contribution in [0.1, 0.15) is 17.8 Å². The van der Waals surface area contributed by atoms with E-state index in [1.165, 1.54) is 10.7 Å². The summed E-state index contributed by atoms with van der Waals surface area (Å²) in [7, 11) is 0. The first kappa shape index (κ1) is 10.9. The highest BCUT2D eigenvalue weighted by molar-refractivity contribution is 7.71. The Kier molecular flexibility index (Phi) is 2.78. The van der Waals surface area contributed by atoms with Gasteiger partial charge in [0.2, 0.25) is 0 Å². The number of H-pyrrole nitrogens is 1. The topological polar surface area (TPSA) is 46.5 Å². The Labute approximate surface area is 94.9 Å². The zero-order chi connectivity index (χ0) is 11.7. The maximum absolute atomic E-state index is 12.4. The van der Waals surface area contributed by atoms with Crippen molar-refractivity contribution in [1.82, 2.24) is 20.0 Å². The van der Waals surface area contributed by atoms with Crippen LogP contribution in [0, 0.1) is 11.6 Å². The van der Waals surface area contributed by atoms with Crippen molar-refractivity contribution < 1.29 is 8.78 Å². The van der Waals surface area contributed by atoms with Gasteiger partial charge in [0.05, 0.1) is 5.69 Å². The largest absolute Gasteiger partial charge is 0.290 e. The quantitative estimate of drug-likeness (QED) is 0.823. The van der Waals surface area contributed by atoms with Gasteiger partial charge < -0.3 is 0 Å². The van der Waals surface area contributed by atoms with Gasteiger partial charge in [-0.25, -0.2) is 13.5 Å². The first-order valence-corrected chi connectivity index (χ1v) is 4.89. The third kappa shape index (κ3) is 1.99. The minimum atomic E-state index is -2.58. The van der Waals surface area contributed by atoms with E-state index in [9.17, 15) is 8.78 Å². The van der Waals surface area contributed by atoms with Crippen LogP contribution in [-0.4, -0.2) is 20.0 Å². The van der Waals surface area contributed by atoms with Crippen LogP contribution in [0.25, 0.3) is 5.82 Å². The number of nitrogens with zero attached hydrogens (tertiary/aromatic N) is 3. The van der Waals surface area contributed by atoms with E-state index in [0.29, 0.717) is 5.82 Å². The summed E-state index contributed by atoms with van der Waals surface area (Å²) in [6.45, 7) is 1.79. The Morgan fingerprint density at radius 3 is 2.62 bits per heavy atom. The summed E-state index contributed by atoms with van der Waals surface area (Å²) in [6, 6.07) is 4.60. The third-order valence-electron chi connectivity index (χ3n) is 1.99. The minimum absolute atomic E-state index is 0.229. The second-order valence-electron chi connectivity index (χ2n) is 3.22. The molecule has 1 N–H and O–H groups in total. The highest BCUT2D eigenvalue weighted by Crippen LogP contribution is 2.17. The van der Waals surface area contributed by atoms with Gasteiger partial charge in [-0.2, -0.15) is 5.10 Å². The summed E-state index contributed by atoms with van der Waals surface area (Å²) in [5.74, 6) is 0.391. The summed E-state index contributed by atoms with van der Waals surface area (Å²) in [5.41, 5.74) is 0.517. The molecule has 2 aromatic rings. The molecule has 0 aromatic carbocycles. The summed E-state index contributed by atoms with van der Waals surface area (Å²) in [4.78, 5) is 0. The molecule has 2 aromatic heterocycles. The number of aryl methyl sites for hydroxylation is 1. The molecule has 0 saturated heterocycles. The monoisotopic (exact) mass is 242 g/mol. The van der Waals surface area contributed by atoms with Crippen molar-refractivity contribution >= 4 is 12.2 Å². The van der Waals surface area contributed by atoms with Gasteiger partial charge in [-0.3, -0.25) is 5.10 Å². The van der Waals surface area contributed by atoms with Gasteiger partial charge in [-0.05, 0) is 19.1 Å². The molecule has 84 valence electrons. The molecule has 0 amide bonds. The number of aromatic nitrogens is 4. The first-order chi connectivity index (χ1) is 7.58. The Morgan fingerprint density at radius 1 is 1.38 bits per heavy atom. The molecular formula is C9H8F2N4S. The van der Waals surface area contributed by atoms with Crippen LogP contribution in [0.2, 0.25) is 0 Å². The average molecular weight is 242 g/mol. The zero-order valence-corrected chi connectivity index (χ0v) is 9.13. The smallest absolute Gasteiger partial charge is 0.279 e. The zero-order valence-electron chi connectivity index (χ0n) is 8.32. The van der Waals surface area contributed by atoms with Crippen LogP contribution in [0.4, 0.5) is 8.78 Å². The molecule has 0 atom stereocenters. The highest BCUT2D eigenvalue weighted by atomic mass is 32.1. The van der Waals surface area contributed by atoms with Crippen LogP contribution >= 0.6 is 12.2 Å². The van der Waals surface area contributed by atoms with Gasteiger partial charge in [0.15, 0.2) is 5.82 Å². The van der Waals surface area contributed by atoms with Gasteiger partial charge in [-0.1, -0.05) is 12.2 Å². The molecule has 0 aliphatic heterocycles.